The van der Waals surface area contributed by atoms with Crippen LogP contribution in [0.5, 0.6) is 0 Å². The first-order valence-electron chi connectivity index (χ1n) is 9.41. The first kappa shape index (κ1) is 18.0. The minimum atomic E-state index is -0.973. The van der Waals surface area contributed by atoms with E-state index in [-0.39, 0.29) is 24.4 Å². The van der Waals surface area contributed by atoms with Gasteiger partial charge in [0.2, 0.25) is 0 Å². The summed E-state index contributed by atoms with van der Waals surface area (Å²) in [5, 5.41) is 10.2. The van der Waals surface area contributed by atoms with Crippen molar-refractivity contribution in [3.8, 4) is 0 Å². The lowest BCUT2D eigenvalue weighted by Gasteiger charge is -2.47. The van der Waals surface area contributed by atoms with E-state index >= 15 is 0 Å². The van der Waals surface area contributed by atoms with Crippen molar-refractivity contribution in [3.63, 3.8) is 0 Å². The standard InChI is InChI=1S/C21H28O4/c1-3-4-12-21(18(22)23)17-11-10-16(13-17)20(21,2)19(24)25-14-15-8-6-5-7-9-15/h5-9,16-17H,3-4,10-14H2,1-2H3,(H,22,23). The Morgan fingerprint density at radius 2 is 1.88 bits per heavy atom. The average Bonchev–Trinajstić information content (AvgIpc) is 3.19. The van der Waals surface area contributed by atoms with E-state index in [9.17, 15) is 14.7 Å². The molecule has 4 unspecified atom stereocenters. The van der Waals surface area contributed by atoms with Gasteiger partial charge in [0.05, 0.1) is 10.8 Å². The Hall–Kier alpha value is -1.84. The van der Waals surface area contributed by atoms with Gasteiger partial charge in [-0.2, -0.15) is 0 Å². The number of benzene rings is 1. The smallest absolute Gasteiger partial charge is 0.313 e. The van der Waals surface area contributed by atoms with Gasteiger partial charge in [0, 0.05) is 0 Å². The van der Waals surface area contributed by atoms with Gasteiger partial charge in [0.1, 0.15) is 6.61 Å². The number of fused-ring (bicyclic) bond motifs is 2. The number of hydrogen-bond acceptors (Lipinski definition) is 3. The highest BCUT2D eigenvalue weighted by molar-refractivity contribution is 5.89. The Morgan fingerprint density at radius 3 is 2.52 bits per heavy atom. The number of aliphatic carboxylic acids is 1. The van der Waals surface area contributed by atoms with Crippen LogP contribution in [0, 0.1) is 22.7 Å². The fraction of sp³-hybridized carbons (Fsp3) is 0.619. The van der Waals surface area contributed by atoms with Crippen LogP contribution in [-0.2, 0) is 20.9 Å². The maximum Gasteiger partial charge on any atom is 0.313 e. The number of hydrogen-bond donors (Lipinski definition) is 1. The summed E-state index contributed by atoms with van der Waals surface area (Å²) in [6.07, 6.45) is 5.02. The van der Waals surface area contributed by atoms with Crippen LogP contribution in [0.1, 0.15) is 57.9 Å². The first-order valence-corrected chi connectivity index (χ1v) is 9.41. The topological polar surface area (TPSA) is 63.6 Å². The van der Waals surface area contributed by atoms with E-state index in [0.29, 0.717) is 6.42 Å². The highest BCUT2D eigenvalue weighted by atomic mass is 16.5. The van der Waals surface area contributed by atoms with Crippen LogP contribution in [0.15, 0.2) is 30.3 Å². The Kier molecular flexibility index (Phi) is 4.90. The average molecular weight is 344 g/mol. The molecule has 4 atom stereocenters. The van der Waals surface area contributed by atoms with E-state index in [2.05, 4.69) is 6.92 Å². The highest BCUT2D eigenvalue weighted by Gasteiger charge is 2.72. The summed E-state index contributed by atoms with van der Waals surface area (Å²) in [5.41, 5.74) is -0.970. The van der Waals surface area contributed by atoms with Gasteiger partial charge in [-0.05, 0) is 50.0 Å². The second-order valence-corrected chi connectivity index (χ2v) is 7.85. The molecule has 136 valence electrons. The molecule has 2 aliphatic carbocycles. The Bertz CT molecular complexity index is 641. The fourth-order valence-corrected chi connectivity index (χ4v) is 5.39. The van der Waals surface area contributed by atoms with Crippen LogP contribution in [0.3, 0.4) is 0 Å². The van der Waals surface area contributed by atoms with Crippen LogP contribution in [0.2, 0.25) is 0 Å². The lowest BCUT2D eigenvalue weighted by Crippen LogP contribution is -2.55. The molecule has 1 N–H and O–H groups in total. The van der Waals surface area contributed by atoms with E-state index in [4.69, 9.17) is 4.74 Å². The Labute approximate surface area is 149 Å². The van der Waals surface area contributed by atoms with E-state index in [0.717, 1.165) is 37.7 Å². The van der Waals surface area contributed by atoms with Crippen molar-refractivity contribution in [2.75, 3.05) is 0 Å². The number of ether oxygens (including phenoxy) is 1. The second-order valence-electron chi connectivity index (χ2n) is 7.85. The Morgan fingerprint density at radius 1 is 1.20 bits per heavy atom. The molecule has 2 saturated carbocycles. The first-order chi connectivity index (χ1) is 12.0. The summed E-state index contributed by atoms with van der Waals surface area (Å²) in [7, 11) is 0. The summed E-state index contributed by atoms with van der Waals surface area (Å²) < 4.78 is 5.65. The molecule has 0 amide bonds. The summed E-state index contributed by atoms with van der Waals surface area (Å²) >= 11 is 0. The van der Waals surface area contributed by atoms with Gasteiger partial charge in [-0.25, -0.2) is 0 Å². The molecule has 0 aliphatic heterocycles. The molecule has 4 heteroatoms. The zero-order chi connectivity index (χ0) is 18.1. The third kappa shape index (κ3) is 2.66. The minimum absolute atomic E-state index is 0.0934. The molecule has 1 aromatic carbocycles. The molecule has 2 fully saturated rings. The van der Waals surface area contributed by atoms with Gasteiger partial charge in [0.15, 0.2) is 0 Å². The highest BCUT2D eigenvalue weighted by Crippen LogP contribution is 2.68. The van der Waals surface area contributed by atoms with E-state index in [1.54, 1.807) is 0 Å². The molecule has 4 nitrogen and oxygen atoms in total. The van der Waals surface area contributed by atoms with Crippen molar-refractivity contribution in [1.82, 2.24) is 0 Å². The molecular weight excluding hydrogens is 316 g/mol. The number of rotatable bonds is 7. The van der Waals surface area contributed by atoms with Gasteiger partial charge in [-0.3, -0.25) is 9.59 Å². The van der Waals surface area contributed by atoms with E-state index in [1.807, 2.05) is 37.3 Å². The molecule has 0 saturated heterocycles. The lowest BCUT2D eigenvalue weighted by atomic mass is 9.55. The normalized spacial score (nSPS) is 33.4. The van der Waals surface area contributed by atoms with Crippen molar-refractivity contribution in [2.45, 2.75) is 59.0 Å². The van der Waals surface area contributed by atoms with Crippen molar-refractivity contribution < 1.29 is 19.4 Å². The zero-order valence-electron chi connectivity index (χ0n) is 15.2. The summed E-state index contributed by atoms with van der Waals surface area (Å²) in [6.45, 7) is 4.12. The van der Waals surface area contributed by atoms with Crippen LogP contribution in [0.25, 0.3) is 0 Å². The van der Waals surface area contributed by atoms with Gasteiger partial charge < -0.3 is 9.84 Å². The number of unbranched alkanes of at least 4 members (excludes halogenated alkanes) is 1. The van der Waals surface area contributed by atoms with Gasteiger partial charge >= 0.3 is 11.9 Å². The van der Waals surface area contributed by atoms with Gasteiger partial charge in [0.25, 0.3) is 0 Å². The fourth-order valence-electron chi connectivity index (χ4n) is 5.39. The summed E-state index contributed by atoms with van der Waals surface area (Å²) in [4.78, 5) is 25.5. The molecule has 2 bridgehead atoms. The number of esters is 1. The van der Waals surface area contributed by atoms with E-state index < -0.39 is 16.8 Å². The molecule has 0 radical (unpaired) electrons. The predicted molar refractivity (Wildman–Crippen MR) is 94.8 cm³/mol. The molecule has 1 aromatic rings. The zero-order valence-corrected chi connectivity index (χ0v) is 15.2. The second kappa shape index (κ2) is 6.81. The lowest BCUT2D eigenvalue weighted by molar-refractivity contribution is -0.185. The number of carboxylic acids is 1. The molecular formula is C21H28O4. The molecule has 0 aromatic heterocycles. The monoisotopic (exact) mass is 344 g/mol. The van der Waals surface area contributed by atoms with Gasteiger partial charge in [-0.15, -0.1) is 0 Å². The molecule has 3 rings (SSSR count). The number of carbonyl (C=O) groups is 2. The van der Waals surface area contributed by atoms with Gasteiger partial charge in [-0.1, -0.05) is 50.1 Å². The van der Waals surface area contributed by atoms with Crippen LogP contribution in [-0.4, -0.2) is 17.0 Å². The van der Waals surface area contributed by atoms with E-state index in [1.165, 1.54) is 0 Å². The predicted octanol–water partition coefficient (Wildman–Crippen LogP) is 4.43. The third-order valence-electron chi connectivity index (χ3n) is 6.82. The SMILES string of the molecule is CCCCC1(C(=O)O)C2CCC(C2)C1(C)C(=O)OCc1ccccc1. The molecule has 25 heavy (non-hydrogen) atoms. The van der Waals surface area contributed by atoms with Crippen LogP contribution >= 0.6 is 0 Å². The summed E-state index contributed by atoms with van der Waals surface area (Å²) in [5.74, 6) is -0.932. The maximum atomic E-state index is 13.1. The molecule has 0 spiro atoms. The molecule has 0 heterocycles. The van der Waals surface area contributed by atoms with Crippen LogP contribution in [0.4, 0.5) is 0 Å². The quantitative estimate of drug-likeness (QED) is 0.743. The maximum absolute atomic E-state index is 13.1. The van der Waals surface area contributed by atoms with Crippen molar-refractivity contribution >= 4 is 11.9 Å². The number of carboxylic acid groups (broad SMARTS) is 1. The largest absolute Gasteiger partial charge is 0.481 e. The summed E-state index contributed by atoms with van der Waals surface area (Å²) in [6, 6.07) is 9.56. The van der Waals surface area contributed by atoms with Crippen molar-refractivity contribution in [3.05, 3.63) is 35.9 Å². The van der Waals surface area contributed by atoms with Crippen molar-refractivity contribution in [1.29, 1.82) is 0 Å². The van der Waals surface area contributed by atoms with Crippen LogP contribution < -0.4 is 0 Å². The Balaban J connectivity index is 1.87. The van der Waals surface area contributed by atoms with Crippen molar-refractivity contribution in [2.24, 2.45) is 22.7 Å². The molecule has 2 aliphatic rings. The third-order valence-corrected chi connectivity index (χ3v) is 6.82. The number of carbonyl (C=O) groups excluding carboxylic acids is 1. The minimum Gasteiger partial charge on any atom is -0.481 e.